The molecular formula is C20H33IN4O2S. The number of nitrogens with zero attached hydrogens (tertiary/aromatic N) is 1. The number of halogens is 1. The van der Waals surface area contributed by atoms with E-state index in [2.05, 4.69) is 20.9 Å². The standard InChI is InChI=1S/C20H32N4O2S.HI/c1-4-22-19(25)16-9-6-8-15(12-16)14-23-20(21-3)24-17-10-7-11-18(13-17)27(26)5-2;/h6,8-9,12,17-18H,4-5,7,10-11,13-14H2,1-3H3,(H,22,25)(H2,21,23,24);1H. The van der Waals surface area contributed by atoms with E-state index in [0.29, 0.717) is 24.7 Å². The molecule has 2 rings (SSSR count). The van der Waals surface area contributed by atoms with Gasteiger partial charge in [0.25, 0.3) is 5.91 Å². The van der Waals surface area contributed by atoms with E-state index in [9.17, 15) is 9.00 Å². The van der Waals surface area contributed by atoms with Crippen molar-refractivity contribution in [3.63, 3.8) is 0 Å². The van der Waals surface area contributed by atoms with Crippen LogP contribution < -0.4 is 16.0 Å². The average molecular weight is 520 g/mol. The SMILES string of the molecule is CCNC(=O)c1cccc(CNC(=NC)NC2CCCC(S(=O)CC)C2)c1.I. The molecule has 1 aromatic rings. The minimum Gasteiger partial charge on any atom is -0.354 e. The highest BCUT2D eigenvalue weighted by atomic mass is 127. The molecule has 0 aliphatic heterocycles. The van der Waals surface area contributed by atoms with Gasteiger partial charge in [-0.3, -0.25) is 14.0 Å². The maximum absolute atomic E-state index is 12.1. The molecule has 3 N–H and O–H groups in total. The van der Waals surface area contributed by atoms with E-state index < -0.39 is 10.8 Å². The number of aliphatic imine (C=N–C) groups is 1. The summed E-state index contributed by atoms with van der Waals surface area (Å²) in [6.07, 6.45) is 4.15. The van der Waals surface area contributed by atoms with E-state index in [0.717, 1.165) is 43.0 Å². The minimum atomic E-state index is -0.732. The maximum Gasteiger partial charge on any atom is 0.251 e. The second-order valence-corrected chi connectivity index (χ2v) is 8.79. The lowest BCUT2D eigenvalue weighted by atomic mass is 9.95. The summed E-state index contributed by atoms with van der Waals surface area (Å²) in [6.45, 7) is 5.10. The highest BCUT2D eigenvalue weighted by Crippen LogP contribution is 2.23. The molecule has 28 heavy (non-hydrogen) atoms. The summed E-state index contributed by atoms with van der Waals surface area (Å²) in [6, 6.07) is 7.89. The van der Waals surface area contributed by atoms with Gasteiger partial charge in [0, 0.05) is 53.5 Å². The summed E-state index contributed by atoms with van der Waals surface area (Å²) < 4.78 is 12.1. The molecule has 1 aliphatic rings. The number of benzene rings is 1. The molecule has 1 amide bonds. The van der Waals surface area contributed by atoms with Gasteiger partial charge in [-0.1, -0.05) is 25.5 Å². The highest BCUT2D eigenvalue weighted by Gasteiger charge is 2.26. The maximum atomic E-state index is 12.1. The molecule has 0 saturated heterocycles. The molecule has 0 spiro atoms. The molecule has 6 nitrogen and oxygen atoms in total. The summed E-state index contributed by atoms with van der Waals surface area (Å²) in [4.78, 5) is 16.3. The third-order valence-electron chi connectivity index (χ3n) is 4.83. The zero-order valence-electron chi connectivity index (χ0n) is 17.0. The Bertz CT molecular complexity index is 684. The monoisotopic (exact) mass is 520 g/mol. The van der Waals surface area contributed by atoms with Crippen LogP contribution in [0.25, 0.3) is 0 Å². The normalized spacial score (nSPS) is 20.6. The summed E-state index contributed by atoms with van der Waals surface area (Å²) in [5, 5.41) is 9.89. The Morgan fingerprint density at radius 3 is 2.71 bits per heavy atom. The van der Waals surface area contributed by atoms with Gasteiger partial charge in [0.1, 0.15) is 0 Å². The Balaban J connectivity index is 0.00000392. The number of carbonyl (C=O) groups excluding carboxylic acids is 1. The molecule has 0 bridgehead atoms. The van der Waals surface area contributed by atoms with Crippen LogP contribution in [0.2, 0.25) is 0 Å². The predicted molar refractivity (Wildman–Crippen MR) is 128 cm³/mol. The fourth-order valence-electron chi connectivity index (χ4n) is 3.41. The largest absolute Gasteiger partial charge is 0.354 e. The summed E-state index contributed by atoms with van der Waals surface area (Å²) in [5.41, 5.74) is 1.69. The number of hydrogen-bond donors (Lipinski definition) is 3. The van der Waals surface area contributed by atoms with Crippen LogP contribution >= 0.6 is 24.0 Å². The topological polar surface area (TPSA) is 82.6 Å². The molecule has 0 heterocycles. The third kappa shape index (κ3) is 7.69. The molecule has 3 atom stereocenters. The zero-order valence-corrected chi connectivity index (χ0v) is 20.1. The lowest BCUT2D eigenvalue weighted by Gasteiger charge is -2.30. The number of nitrogens with one attached hydrogen (secondary N) is 3. The predicted octanol–water partition coefficient (Wildman–Crippen LogP) is 2.80. The number of rotatable bonds is 7. The van der Waals surface area contributed by atoms with E-state index >= 15 is 0 Å². The lowest BCUT2D eigenvalue weighted by Crippen LogP contribution is -2.46. The number of guanidine groups is 1. The van der Waals surface area contributed by atoms with Crippen molar-refractivity contribution in [2.45, 2.75) is 57.4 Å². The van der Waals surface area contributed by atoms with Crippen LogP contribution in [0.4, 0.5) is 0 Å². The fourth-order valence-corrected chi connectivity index (χ4v) is 4.76. The van der Waals surface area contributed by atoms with E-state index in [1.165, 1.54) is 0 Å². The van der Waals surface area contributed by atoms with Crippen LogP contribution in [-0.4, -0.2) is 46.7 Å². The van der Waals surface area contributed by atoms with Crippen LogP contribution in [-0.2, 0) is 17.3 Å². The van der Waals surface area contributed by atoms with Gasteiger partial charge in [-0.2, -0.15) is 0 Å². The van der Waals surface area contributed by atoms with Crippen molar-refractivity contribution in [1.82, 2.24) is 16.0 Å². The van der Waals surface area contributed by atoms with Crippen molar-refractivity contribution in [2.75, 3.05) is 19.3 Å². The Morgan fingerprint density at radius 1 is 1.25 bits per heavy atom. The number of amides is 1. The van der Waals surface area contributed by atoms with Gasteiger partial charge in [-0.05, 0) is 43.9 Å². The molecule has 0 radical (unpaired) electrons. The Morgan fingerprint density at radius 2 is 2.04 bits per heavy atom. The molecule has 0 aromatic heterocycles. The summed E-state index contributed by atoms with van der Waals surface area (Å²) in [7, 11) is 1.02. The molecule has 1 saturated carbocycles. The van der Waals surface area contributed by atoms with Crippen molar-refractivity contribution in [2.24, 2.45) is 4.99 Å². The first-order valence-corrected chi connectivity index (χ1v) is 11.2. The van der Waals surface area contributed by atoms with Crippen LogP contribution in [0.5, 0.6) is 0 Å². The van der Waals surface area contributed by atoms with Crippen LogP contribution in [0.3, 0.4) is 0 Å². The second kappa shape index (κ2) is 13.1. The van der Waals surface area contributed by atoms with Crippen molar-refractivity contribution >= 4 is 46.6 Å². The highest BCUT2D eigenvalue weighted by molar-refractivity contribution is 14.0. The first-order valence-electron chi connectivity index (χ1n) is 9.78. The van der Waals surface area contributed by atoms with Gasteiger partial charge in [0.2, 0.25) is 0 Å². The van der Waals surface area contributed by atoms with Gasteiger partial charge in [-0.15, -0.1) is 24.0 Å². The van der Waals surface area contributed by atoms with E-state index in [-0.39, 0.29) is 35.1 Å². The van der Waals surface area contributed by atoms with E-state index in [4.69, 9.17) is 0 Å². The average Bonchev–Trinajstić information content (AvgIpc) is 2.71. The van der Waals surface area contributed by atoms with Crippen molar-refractivity contribution < 1.29 is 9.00 Å². The fraction of sp³-hybridized carbons (Fsp3) is 0.600. The Hall–Kier alpha value is -1.16. The van der Waals surface area contributed by atoms with Crippen LogP contribution in [0.15, 0.2) is 29.3 Å². The number of carbonyl (C=O) groups is 1. The van der Waals surface area contributed by atoms with Crippen molar-refractivity contribution in [3.05, 3.63) is 35.4 Å². The molecule has 158 valence electrons. The van der Waals surface area contributed by atoms with E-state index in [1.807, 2.05) is 38.1 Å². The third-order valence-corrected chi connectivity index (χ3v) is 6.57. The lowest BCUT2D eigenvalue weighted by molar-refractivity contribution is 0.0955. The Labute approximate surface area is 188 Å². The van der Waals surface area contributed by atoms with Gasteiger partial charge >= 0.3 is 0 Å². The molecule has 1 aromatic carbocycles. The molecular weight excluding hydrogens is 487 g/mol. The van der Waals surface area contributed by atoms with Gasteiger partial charge in [0.15, 0.2) is 5.96 Å². The van der Waals surface area contributed by atoms with Gasteiger partial charge < -0.3 is 16.0 Å². The first kappa shape index (κ1) is 24.9. The summed E-state index contributed by atoms with van der Waals surface area (Å²) in [5.74, 6) is 1.41. The molecule has 1 aliphatic carbocycles. The van der Waals surface area contributed by atoms with Gasteiger partial charge in [0.05, 0.1) is 0 Å². The van der Waals surface area contributed by atoms with E-state index in [1.54, 1.807) is 7.05 Å². The van der Waals surface area contributed by atoms with Crippen LogP contribution in [0.1, 0.15) is 55.5 Å². The zero-order chi connectivity index (χ0) is 19.6. The summed E-state index contributed by atoms with van der Waals surface area (Å²) >= 11 is 0. The molecule has 1 fully saturated rings. The van der Waals surface area contributed by atoms with Crippen molar-refractivity contribution in [3.8, 4) is 0 Å². The van der Waals surface area contributed by atoms with Crippen molar-refractivity contribution in [1.29, 1.82) is 0 Å². The Kier molecular flexibility index (Phi) is 11.7. The molecule has 3 unspecified atom stereocenters. The van der Waals surface area contributed by atoms with Crippen LogP contribution in [0, 0.1) is 0 Å². The second-order valence-electron chi connectivity index (χ2n) is 6.78. The first-order chi connectivity index (χ1) is 13.1. The number of hydrogen-bond acceptors (Lipinski definition) is 3. The quantitative estimate of drug-likeness (QED) is 0.294. The molecule has 8 heteroatoms. The smallest absolute Gasteiger partial charge is 0.251 e. The minimum absolute atomic E-state index is 0. The van der Waals surface area contributed by atoms with Gasteiger partial charge in [-0.25, -0.2) is 0 Å².